The molecule has 0 aromatic heterocycles. The Morgan fingerprint density at radius 1 is 0.976 bits per heavy atom. The number of nitrogens with zero attached hydrogens (tertiary/aromatic N) is 2. The Morgan fingerprint density at radius 2 is 1.74 bits per heavy atom. The Bertz CT molecular complexity index is 1180. The van der Waals surface area contributed by atoms with E-state index < -0.39 is 11.4 Å². The zero-order valence-electron chi connectivity index (χ0n) is 25.5. The Hall–Kier alpha value is -2.64. The second-order valence-electron chi connectivity index (χ2n) is 13.1. The van der Waals surface area contributed by atoms with Crippen LogP contribution in [0.25, 0.3) is 0 Å². The van der Waals surface area contributed by atoms with Gasteiger partial charge in [0.1, 0.15) is 5.82 Å². The summed E-state index contributed by atoms with van der Waals surface area (Å²) in [5.41, 5.74) is 1.72. The normalized spacial score (nSPS) is 23.6. The number of halogens is 1. The highest BCUT2D eigenvalue weighted by Crippen LogP contribution is 2.41. The van der Waals surface area contributed by atoms with Crippen molar-refractivity contribution in [2.75, 3.05) is 53.5 Å². The van der Waals surface area contributed by atoms with Gasteiger partial charge >= 0.3 is 5.97 Å². The maximum atomic E-state index is 14.3. The third-order valence-corrected chi connectivity index (χ3v) is 10.3. The summed E-state index contributed by atoms with van der Waals surface area (Å²) in [5.74, 6) is 2.10. The highest BCUT2D eigenvalue weighted by atomic mass is 19.1. The number of aryl methyl sites for hydroxylation is 1. The van der Waals surface area contributed by atoms with Crippen molar-refractivity contribution in [3.8, 4) is 11.5 Å². The number of hydrogen-bond donors (Lipinski definition) is 1. The van der Waals surface area contributed by atoms with Crippen LogP contribution < -0.4 is 9.47 Å². The molecule has 2 aromatic carbocycles. The first-order valence-electron chi connectivity index (χ1n) is 16.0. The Labute approximate surface area is 251 Å². The van der Waals surface area contributed by atoms with E-state index in [0.29, 0.717) is 12.5 Å². The molecular weight excluding hydrogens is 531 g/mol. The van der Waals surface area contributed by atoms with E-state index in [4.69, 9.17) is 9.47 Å². The van der Waals surface area contributed by atoms with Crippen LogP contribution in [0.4, 0.5) is 4.39 Å². The van der Waals surface area contributed by atoms with E-state index in [0.717, 1.165) is 94.2 Å². The Morgan fingerprint density at radius 3 is 2.43 bits per heavy atom. The topological polar surface area (TPSA) is 62.2 Å². The van der Waals surface area contributed by atoms with Crippen molar-refractivity contribution in [1.82, 2.24) is 9.80 Å². The first-order valence-corrected chi connectivity index (χ1v) is 16.0. The molecule has 5 rings (SSSR count). The standard InChI is InChI=1S/C35H49FN2O4/c1-41-32-13-12-27(20-33(32)42-2)9-6-8-26-14-18-37(19-15-26)22-29-23-38(24-31(29)28-10-7-11-30(36)21-28)25-35(34(39)40)16-4-3-5-17-35/h7,10-13,20-21,26,29,31H,3-6,8-9,14-19,22-25H2,1-2H3,(H,39,40). The second kappa shape index (κ2) is 14.2. The molecule has 7 heteroatoms. The zero-order chi connectivity index (χ0) is 29.5. The summed E-state index contributed by atoms with van der Waals surface area (Å²) in [6.45, 7) is 5.53. The summed E-state index contributed by atoms with van der Waals surface area (Å²) in [6.07, 6.45) is 10.6. The molecule has 6 nitrogen and oxygen atoms in total. The third kappa shape index (κ3) is 7.46. The van der Waals surface area contributed by atoms with Gasteiger partial charge in [-0.25, -0.2) is 4.39 Å². The van der Waals surface area contributed by atoms with Crippen LogP contribution in [-0.4, -0.2) is 74.4 Å². The number of carbonyl (C=O) groups is 1. The lowest BCUT2D eigenvalue weighted by Gasteiger charge is -2.37. The molecule has 0 amide bonds. The minimum absolute atomic E-state index is 0.187. The molecule has 3 aliphatic rings. The van der Waals surface area contributed by atoms with Gasteiger partial charge in [-0.2, -0.15) is 0 Å². The fraction of sp³-hybridized carbons (Fsp3) is 0.629. The van der Waals surface area contributed by atoms with E-state index in [1.165, 1.54) is 37.3 Å². The second-order valence-corrected chi connectivity index (χ2v) is 13.1. The molecule has 42 heavy (non-hydrogen) atoms. The van der Waals surface area contributed by atoms with Gasteiger partial charge in [-0.3, -0.25) is 4.79 Å². The number of methoxy groups -OCH3 is 2. The number of carboxylic acids is 1. The van der Waals surface area contributed by atoms with Gasteiger partial charge in [0.05, 0.1) is 19.6 Å². The van der Waals surface area contributed by atoms with E-state index in [-0.39, 0.29) is 11.7 Å². The van der Waals surface area contributed by atoms with Crippen LogP contribution in [0.2, 0.25) is 0 Å². The van der Waals surface area contributed by atoms with Gasteiger partial charge < -0.3 is 24.4 Å². The van der Waals surface area contributed by atoms with E-state index >= 15 is 0 Å². The average Bonchev–Trinajstić information content (AvgIpc) is 3.39. The average molecular weight is 581 g/mol. The molecule has 0 radical (unpaired) electrons. The van der Waals surface area contributed by atoms with Crippen molar-refractivity contribution in [3.05, 3.63) is 59.4 Å². The molecule has 0 bridgehead atoms. The van der Waals surface area contributed by atoms with Crippen LogP contribution >= 0.6 is 0 Å². The number of benzene rings is 2. The van der Waals surface area contributed by atoms with Crippen molar-refractivity contribution in [2.45, 2.75) is 70.1 Å². The summed E-state index contributed by atoms with van der Waals surface area (Å²) in [7, 11) is 3.35. The van der Waals surface area contributed by atoms with Gasteiger partial charge in [0.25, 0.3) is 0 Å². The number of likely N-dealkylation sites (tertiary alicyclic amines) is 2. The highest BCUT2D eigenvalue weighted by Gasteiger charge is 2.44. The van der Waals surface area contributed by atoms with Crippen LogP contribution in [0, 0.1) is 23.1 Å². The maximum Gasteiger partial charge on any atom is 0.310 e. The molecule has 1 N–H and O–H groups in total. The minimum Gasteiger partial charge on any atom is -0.493 e. The molecule has 2 saturated heterocycles. The van der Waals surface area contributed by atoms with Crippen molar-refractivity contribution in [3.63, 3.8) is 0 Å². The number of ether oxygens (including phenoxy) is 2. The van der Waals surface area contributed by atoms with Crippen molar-refractivity contribution in [2.24, 2.45) is 17.3 Å². The van der Waals surface area contributed by atoms with Gasteiger partial charge in [-0.15, -0.1) is 0 Å². The predicted molar refractivity (Wildman–Crippen MR) is 164 cm³/mol. The Balaban J connectivity index is 1.15. The molecule has 2 aromatic rings. The summed E-state index contributed by atoms with van der Waals surface area (Å²) in [4.78, 5) is 17.4. The number of carboxylic acid groups (broad SMARTS) is 1. The summed E-state index contributed by atoms with van der Waals surface area (Å²) in [5, 5.41) is 10.2. The highest BCUT2D eigenvalue weighted by molar-refractivity contribution is 5.75. The number of hydrogen-bond acceptors (Lipinski definition) is 5. The fourth-order valence-corrected chi connectivity index (χ4v) is 7.91. The van der Waals surface area contributed by atoms with Crippen LogP contribution in [0.1, 0.15) is 74.8 Å². The van der Waals surface area contributed by atoms with Crippen LogP contribution in [-0.2, 0) is 11.2 Å². The molecule has 230 valence electrons. The quantitative estimate of drug-likeness (QED) is 0.304. The molecule has 0 spiro atoms. The summed E-state index contributed by atoms with van der Waals surface area (Å²) in [6, 6.07) is 13.3. The van der Waals surface area contributed by atoms with Crippen molar-refractivity contribution in [1.29, 1.82) is 0 Å². The molecule has 2 unspecified atom stereocenters. The number of piperidine rings is 1. The lowest BCUT2D eigenvalue weighted by Crippen LogP contribution is -2.44. The fourth-order valence-electron chi connectivity index (χ4n) is 7.91. The summed E-state index contributed by atoms with van der Waals surface area (Å²) >= 11 is 0. The van der Waals surface area contributed by atoms with Gasteiger partial charge in [0.2, 0.25) is 0 Å². The smallest absolute Gasteiger partial charge is 0.310 e. The van der Waals surface area contributed by atoms with Gasteiger partial charge in [-0.1, -0.05) is 43.9 Å². The zero-order valence-corrected chi connectivity index (χ0v) is 25.5. The first kappa shape index (κ1) is 30.8. The number of aliphatic carboxylic acids is 1. The molecular formula is C35H49FN2O4. The van der Waals surface area contributed by atoms with E-state index in [1.807, 2.05) is 12.1 Å². The van der Waals surface area contributed by atoms with Gasteiger partial charge in [0.15, 0.2) is 11.5 Å². The van der Waals surface area contributed by atoms with Crippen LogP contribution in [0.5, 0.6) is 11.5 Å². The molecule has 2 heterocycles. The van der Waals surface area contributed by atoms with Gasteiger partial charge in [-0.05, 0) is 98.8 Å². The largest absolute Gasteiger partial charge is 0.493 e. The third-order valence-electron chi connectivity index (χ3n) is 10.3. The number of rotatable bonds is 12. The van der Waals surface area contributed by atoms with E-state index in [2.05, 4.69) is 28.0 Å². The molecule has 2 atom stereocenters. The summed E-state index contributed by atoms with van der Waals surface area (Å²) < 4.78 is 25.1. The SMILES string of the molecule is COc1ccc(CCCC2CCN(CC3CN(CC4(C(=O)O)CCCCC4)CC3c3cccc(F)c3)CC2)cc1OC. The Kier molecular flexibility index (Phi) is 10.4. The van der Waals surface area contributed by atoms with E-state index in [1.54, 1.807) is 20.3 Å². The van der Waals surface area contributed by atoms with Crippen LogP contribution in [0.15, 0.2) is 42.5 Å². The predicted octanol–water partition coefficient (Wildman–Crippen LogP) is 6.63. The van der Waals surface area contributed by atoms with Crippen molar-refractivity contribution < 1.29 is 23.8 Å². The maximum absolute atomic E-state index is 14.3. The van der Waals surface area contributed by atoms with Gasteiger partial charge in [0, 0.05) is 32.1 Å². The molecule has 1 aliphatic carbocycles. The molecule has 2 aliphatic heterocycles. The van der Waals surface area contributed by atoms with E-state index in [9.17, 15) is 14.3 Å². The lowest BCUT2D eigenvalue weighted by atomic mass is 9.73. The van der Waals surface area contributed by atoms with Crippen LogP contribution in [0.3, 0.4) is 0 Å². The first-order chi connectivity index (χ1) is 20.4. The lowest BCUT2D eigenvalue weighted by molar-refractivity contribution is -0.152. The minimum atomic E-state index is -0.638. The monoisotopic (exact) mass is 580 g/mol. The van der Waals surface area contributed by atoms with Crippen molar-refractivity contribution >= 4 is 5.97 Å². The molecule has 1 saturated carbocycles. The molecule has 3 fully saturated rings.